The molecule has 1 atom stereocenters. The maximum absolute atomic E-state index is 5.64. The van der Waals surface area contributed by atoms with E-state index in [4.69, 9.17) is 4.74 Å². The van der Waals surface area contributed by atoms with Crippen LogP contribution in [0.2, 0.25) is 0 Å². The van der Waals surface area contributed by atoms with Gasteiger partial charge >= 0.3 is 0 Å². The smallest absolute Gasteiger partial charge is 0.158 e. The standard InChI is InChI=1S/C10H18N4O.ClH/c1-14-8-12-13-10(14)7-15-6-9-3-2-4-11-5-9;/h8-9,11H,2-7H2,1H3;1H/t9-;/m0./s1. The summed E-state index contributed by atoms with van der Waals surface area (Å²) in [4.78, 5) is 0. The summed E-state index contributed by atoms with van der Waals surface area (Å²) < 4.78 is 7.52. The van der Waals surface area contributed by atoms with Gasteiger partial charge in [-0.05, 0) is 25.3 Å². The summed E-state index contributed by atoms with van der Waals surface area (Å²) in [5.41, 5.74) is 0. The molecular formula is C10H19ClN4O. The molecule has 0 saturated carbocycles. The molecule has 2 heterocycles. The summed E-state index contributed by atoms with van der Waals surface area (Å²) in [6.07, 6.45) is 4.23. The van der Waals surface area contributed by atoms with E-state index in [0.717, 1.165) is 25.5 Å². The molecule has 1 saturated heterocycles. The second kappa shape index (κ2) is 6.83. The summed E-state index contributed by atoms with van der Waals surface area (Å²) in [5, 5.41) is 11.2. The summed E-state index contributed by atoms with van der Waals surface area (Å²) >= 11 is 0. The molecule has 2 rings (SSSR count). The number of aryl methyl sites for hydroxylation is 1. The number of ether oxygens (including phenoxy) is 1. The van der Waals surface area contributed by atoms with Gasteiger partial charge in [0.25, 0.3) is 0 Å². The van der Waals surface area contributed by atoms with Crippen LogP contribution < -0.4 is 5.32 Å². The maximum Gasteiger partial charge on any atom is 0.158 e. The average molecular weight is 247 g/mol. The number of hydrogen-bond acceptors (Lipinski definition) is 4. The molecule has 0 bridgehead atoms. The molecule has 0 unspecified atom stereocenters. The summed E-state index contributed by atoms with van der Waals surface area (Å²) in [5.74, 6) is 1.55. The Labute approximate surface area is 102 Å². The molecule has 1 aromatic heterocycles. The van der Waals surface area contributed by atoms with Crippen molar-refractivity contribution in [2.24, 2.45) is 13.0 Å². The van der Waals surface area contributed by atoms with E-state index in [-0.39, 0.29) is 12.4 Å². The Morgan fingerprint density at radius 2 is 2.50 bits per heavy atom. The molecule has 0 aliphatic carbocycles. The van der Waals surface area contributed by atoms with Crippen LogP contribution in [0.25, 0.3) is 0 Å². The second-order valence-corrected chi connectivity index (χ2v) is 4.09. The van der Waals surface area contributed by atoms with Crippen LogP contribution in [-0.2, 0) is 18.4 Å². The van der Waals surface area contributed by atoms with Gasteiger partial charge in [0.2, 0.25) is 0 Å². The third-order valence-electron chi connectivity index (χ3n) is 2.79. The van der Waals surface area contributed by atoms with Gasteiger partial charge in [-0.3, -0.25) is 0 Å². The van der Waals surface area contributed by atoms with Crippen molar-refractivity contribution in [3.63, 3.8) is 0 Å². The lowest BCUT2D eigenvalue weighted by Crippen LogP contribution is -2.32. The fourth-order valence-electron chi connectivity index (χ4n) is 1.82. The second-order valence-electron chi connectivity index (χ2n) is 4.09. The predicted octanol–water partition coefficient (Wildman–Crippen LogP) is 0.753. The van der Waals surface area contributed by atoms with E-state index in [0.29, 0.717) is 12.5 Å². The van der Waals surface area contributed by atoms with Gasteiger partial charge in [-0.1, -0.05) is 0 Å². The molecule has 16 heavy (non-hydrogen) atoms. The van der Waals surface area contributed by atoms with E-state index in [9.17, 15) is 0 Å². The van der Waals surface area contributed by atoms with E-state index in [1.165, 1.54) is 12.8 Å². The summed E-state index contributed by atoms with van der Waals surface area (Å²) in [7, 11) is 1.93. The third kappa shape index (κ3) is 3.73. The largest absolute Gasteiger partial charge is 0.373 e. The van der Waals surface area contributed by atoms with Gasteiger partial charge in [0, 0.05) is 13.6 Å². The number of halogens is 1. The van der Waals surface area contributed by atoms with Crippen LogP contribution in [0.5, 0.6) is 0 Å². The van der Waals surface area contributed by atoms with Crippen molar-refractivity contribution >= 4 is 12.4 Å². The Balaban J connectivity index is 0.00000128. The maximum atomic E-state index is 5.64. The van der Waals surface area contributed by atoms with E-state index < -0.39 is 0 Å². The molecule has 1 fully saturated rings. The fourth-order valence-corrected chi connectivity index (χ4v) is 1.82. The first kappa shape index (κ1) is 13.4. The molecule has 6 heteroatoms. The van der Waals surface area contributed by atoms with E-state index in [1.54, 1.807) is 6.33 Å². The van der Waals surface area contributed by atoms with Crippen molar-refractivity contribution in [2.45, 2.75) is 19.4 Å². The molecule has 0 spiro atoms. The first-order valence-electron chi connectivity index (χ1n) is 5.47. The van der Waals surface area contributed by atoms with Crippen LogP contribution in [0.1, 0.15) is 18.7 Å². The number of nitrogens with zero attached hydrogens (tertiary/aromatic N) is 3. The number of aromatic nitrogens is 3. The number of rotatable bonds is 4. The molecular weight excluding hydrogens is 228 g/mol. The van der Waals surface area contributed by atoms with Gasteiger partial charge in [-0.15, -0.1) is 22.6 Å². The van der Waals surface area contributed by atoms with Crippen LogP contribution >= 0.6 is 12.4 Å². The van der Waals surface area contributed by atoms with Gasteiger partial charge in [-0.25, -0.2) is 0 Å². The molecule has 0 aromatic carbocycles. The summed E-state index contributed by atoms with van der Waals surface area (Å²) in [6, 6.07) is 0. The first-order valence-corrected chi connectivity index (χ1v) is 5.47. The fraction of sp³-hybridized carbons (Fsp3) is 0.800. The monoisotopic (exact) mass is 246 g/mol. The molecule has 1 aliphatic rings. The molecule has 1 N–H and O–H groups in total. The van der Waals surface area contributed by atoms with Crippen molar-refractivity contribution in [1.82, 2.24) is 20.1 Å². The van der Waals surface area contributed by atoms with Crippen LogP contribution in [0.4, 0.5) is 0 Å². The van der Waals surface area contributed by atoms with Crippen LogP contribution in [0.15, 0.2) is 6.33 Å². The number of nitrogens with one attached hydrogen (secondary N) is 1. The Morgan fingerprint density at radius 1 is 1.62 bits per heavy atom. The highest BCUT2D eigenvalue weighted by Crippen LogP contribution is 2.10. The number of piperidine rings is 1. The zero-order chi connectivity index (χ0) is 10.5. The minimum Gasteiger partial charge on any atom is -0.373 e. The zero-order valence-corrected chi connectivity index (χ0v) is 10.4. The van der Waals surface area contributed by atoms with Crippen molar-refractivity contribution in [1.29, 1.82) is 0 Å². The molecule has 5 nitrogen and oxygen atoms in total. The minimum atomic E-state index is 0. The van der Waals surface area contributed by atoms with Gasteiger partial charge in [0.05, 0.1) is 6.61 Å². The Morgan fingerprint density at radius 3 is 3.12 bits per heavy atom. The normalized spacial score (nSPS) is 20.4. The van der Waals surface area contributed by atoms with Crippen LogP contribution in [-0.4, -0.2) is 34.5 Å². The van der Waals surface area contributed by atoms with Crippen molar-refractivity contribution < 1.29 is 4.74 Å². The Hall–Kier alpha value is -0.650. The van der Waals surface area contributed by atoms with Gasteiger partial charge in [0.15, 0.2) is 5.82 Å². The van der Waals surface area contributed by atoms with Crippen LogP contribution in [0.3, 0.4) is 0 Å². The highest BCUT2D eigenvalue weighted by atomic mass is 35.5. The average Bonchev–Trinajstić information content (AvgIpc) is 2.66. The molecule has 1 aliphatic heterocycles. The molecule has 1 aromatic rings. The minimum absolute atomic E-state index is 0. The lowest BCUT2D eigenvalue weighted by Gasteiger charge is -2.22. The third-order valence-corrected chi connectivity index (χ3v) is 2.79. The SMILES string of the molecule is Cl.Cn1cnnc1COC[C@H]1CCCNC1. The lowest BCUT2D eigenvalue weighted by atomic mass is 10.0. The van der Waals surface area contributed by atoms with E-state index >= 15 is 0 Å². The molecule has 0 amide bonds. The van der Waals surface area contributed by atoms with E-state index in [2.05, 4.69) is 15.5 Å². The molecule has 0 radical (unpaired) electrons. The Kier molecular flexibility index (Phi) is 5.73. The Bertz CT molecular complexity index is 299. The predicted molar refractivity (Wildman–Crippen MR) is 63.5 cm³/mol. The zero-order valence-electron chi connectivity index (χ0n) is 9.56. The van der Waals surface area contributed by atoms with Gasteiger partial charge in [0.1, 0.15) is 12.9 Å². The number of hydrogen-bond donors (Lipinski definition) is 1. The van der Waals surface area contributed by atoms with E-state index in [1.807, 2.05) is 11.6 Å². The topological polar surface area (TPSA) is 52.0 Å². The first-order chi connectivity index (χ1) is 7.36. The highest BCUT2D eigenvalue weighted by molar-refractivity contribution is 5.85. The van der Waals surface area contributed by atoms with Crippen LogP contribution in [0, 0.1) is 5.92 Å². The lowest BCUT2D eigenvalue weighted by molar-refractivity contribution is 0.0727. The van der Waals surface area contributed by atoms with Crippen molar-refractivity contribution in [3.05, 3.63) is 12.2 Å². The van der Waals surface area contributed by atoms with Crippen molar-refractivity contribution in [2.75, 3.05) is 19.7 Å². The summed E-state index contributed by atoms with van der Waals surface area (Å²) in [6.45, 7) is 3.62. The van der Waals surface area contributed by atoms with Gasteiger partial charge < -0.3 is 14.6 Å². The van der Waals surface area contributed by atoms with Gasteiger partial charge in [-0.2, -0.15) is 0 Å². The highest BCUT2D eigenvalue weighted by Gasteiger charge is 2.13. The van der Waals surface area contributed by atoms with Crippen molar-refractivity contribution in [3.8, 4) is 0 Å². The quantitative estimate of drug-likeness (QED) is 0.852. The molecule has 92 valence electrons.